The Labute approximate surface area is 170 Å². The summed E-state index contributed by atoms with van der Waals surface area (Å²) in [5, 5.41) is 2.96. The molecule has 2 amide bonds. The molecule has 0 spiro atoms. The van der Waals surface area contributed by atoms with Crippen molar-refractivity contribution in [3.05, 3.63) is 53.6 Å². The van der Waals surface area contributed by atoms with Crippen LogP contribution in [-0.2, 0) is 4.79 Å². The average Bonchev–Trinajstić information content (AvgIpc) is 3.23. The first-order valence-electron chi connectivity index (χ1n) is 9.93. The number of ketones is 1. The SMILES string of the molecule is CCC(C)NC(=O)CN1CCN(C(=O)c2[nH]cnc2C(=O)c2ccccc2)CC1. The minimum absolute atomic E-state index is 0.00318. The van der Waals surface area contributed by atoms with E-state index in [1.54, 1.807) is 29.2 Å². The Balaban J connectivity index is 1.59. The minimum Gasteiger partial charge on any atom is -0.353 e. The number of aromatic amines is 1. The van der Waals surface area contributed by atoms with Crippen molar-refractivity contribution in [2.45, 2.75) is 26.3 Å². The maximum Gasteiger partial charge on any atom is 0.272 e. The van der Waals surface area contributed by atoms with Gasteiger partial charge in [-0.05, 0) is 13.3 Å². The Hall–Kier alpha value is -3.00. The normalized spacial score (nSPS) is 15.7. The van der Waals surface area contributed by atoms with Crippen LogP contribution >= 0.6 is 0 Å². The van der Waals surface area contributed by atoms with Crippen LogP contribution < -0.4 is 5.32 Å². The van der Waals surface area contributed by atoms with Gasteiger partial charge in [0.05, 0.1) is 12.9 Å². The maximum absolute atomic E-state index is 12.9. The maximum atomic E-state index is 12.9. The number of aromatic nitrogens is 2. The van der Waals surface area contributed by atoms with Gasteiger partial charge in [0.15, 0.2) is 0 Å². The molecule has 154 valence electrons. The number of piperazine rings is 1. The third-order valence-electron chi connectivity index (χ3n) is 5.15. The molecule has 1 aromatic heterocycles. The first kappa shape index (κ1) is 20.7. The molecule has 8 nitrogen and oxygen atoms in total. The van der Waals surface area contributed by atoms with Crippen LogP contribution in [0.15, 0.2) is 36.7 Å². The molecule has 8 heteroatoms. The van der Waals surface area contributed by atoms with Gasteiger partial charge in [-0.25, -0.2) is 4.98 Å². The number of benzene rings is 1. The summed E-state index contributed by atoms with van der Waals surface area (Å²) in [6, 6.07) is 8.95. The number of nitrogens with one attached hydrogen (secondary N) is 2. The number of carbonyl (C=O) groups excluding carboxylic acids is 3. The van der Waals surface area contributed by atoms with Crippen molar-refractivity contribution in [1.29, 1.82) is 0 Å². The largest absolute Gasteiger partial charge is 0.353 e. The second kappa shape index (κ2) is 9.47. The molecule has 0 saturated carbocycles. The van der Waals surface area contributed by atoms with Crippen LogP contribution in [0.4, 0.5) is 0 Å². The highest BCUT2D eigenvalue weighted by atomic mass is 16.2. The summed E-state index contributed by atoms with van der Waals surface area (Å²) >= 11 is 0. The van der Waals surface area contributed by atoms with Crippen LogP contribution in [0.2, 0.25) is 0 Å². The van der Waals surface area contributed by atoms with Crippen molar-refractivity contribution in [3.63, 3.8) is 0 Å². The Morgan fingerprint density at radius 2 is 1.83 bits per heavy atom. The monoisotopic (exact) mass is 397 g/mol. The van der Waals surface area contributed by atoms with E-state index in [0.717, 1.165) is 6.42 Å². The minimum atomic E-state index is -0.282. The molecule has 1 unspecified atom stereocenters. The van der Waals surface area contributed by atoms with Gasteiger partial charge in [-0.1, -0.05) is 37.3 Å². The molecule has 1 atom stereocenters. The molecule has 29 heavy (non-hydrogen) atoms. The Bertz CT molecular complexity index is 856. The van der Waals surface area contributed by atoms with Gasteiger partial charge >= 0.3 is 0 Å². The predicted octanol–water partition coefficient (Wildman–Crippen LogP) is 1.31. The summed E-state index contributed by atoms with van der Waals surface area (Å²) in [7, 11) is 0. The van der Waals surface area contributed by atoms with Crippen molar-refractivity contribution in [2.75, 3.05) is 32.7 Å². The number of imidazole rings is 1. The van der Waals surface area contributed by atoms with E-state index in [2.05, 4.69) is 15.3 Å². The van der Waals surface area contributed by atoms with Crippen LogP contribution in [0.3, 0.4) is 0 Å². The Morgan fingerprint density at radius 1 is 1.14 bits per heavy atom. The van der Waals surface area contributed by atoms with E-state index in [-0.39, 0.29) is 35.0 Å². The number of rotatable bonds is 7. The summed E-state index contributed by atoms with van der Waals surface area (Å²) in [6.45, 7) is 6.54. The number of hydrogen-bond acceptors (Lipinski definition) is 5. The summed E-state index contributed by atoms with van der Waals surface area (Å²) in [5.41, 5.74) is 0.837. The van der Waals surface area contributed by atoms with Crippen LogP contribution in [-0.4, -0.2) is 76.1 Å². The lowest BCUT2D eigenvalue weighted by Gasteiger charge is -2.34. The fourth-order valence-electron chi connectivity index (χ4n) is 3.25. The Morgan fingerprint density at radius 3 is 2.48 bits per heavy atom. The van der Waals surface area contributed by atoms with E-state index >= 15 is 0 Å². The molecule has 2 heterocycles. The van der Waals surface area contributed by atoms with Gasteiger partial charge in [0, 0.05) is 37.8 Å². The summed E-state index contributed by atoms with van der Waals surface area (Å²) in [6.07, 6.45) is 2.27. The summed E-state index contributed by atoms with van der Waals surface area (Å²) in [4.78, 5) is 48.3. The molecule has 1 aliphatic heterocycles. The number of hydrogen-bond donors (Lipinski definition) is 2. The van der Waals surface area contributed by atoms with Crippen LogP contribution in [0, 0.1) is 0 Å². The second-order valence-electron chi connectivity index (χ2n) is 7.27. The zero-order valence-corrected chi connectivity index (χ0v) is 16.9. The van der Waals surface area contributed by atoms with Crippen molar-refractivity contribution in [1.82, 2.24) is 25.1 Å². The lowest BCUT2D eigenvalue weighted by molar-refractivity contribution is -0.123. The molecular formula is C21H27N5O3. The zero-order chi connectivity index (χ0) is 20.8. The third-order valence-corrected chi connectivity index (χ3v) is 5.15. The molecule has 0 radical (unpaired) electrons. The number of nitrogens with zero attached hydrogens (tertiary/aromatic N) is 3. The lowest BCUT2D eigenvalue weighted by atomic mass is 10.1. The van der Waals surface area contributed by atoms with E-state index in [9.17, 15) is 14.4 Å². The van der Waals surface area contributed by atoms with E-state index in [1.165, 1.54) is 6.33 Å². The first-order valence-corrected chi connectivity index (χ1v) is 9.93. The molecule has 1 saturated heterocycles. The number of carbonyl (C=O) groups is 3. The predicted molar refractivity (Wildman–Crippen MR) is 109 cm³/mol. The quantitative estimate of drug-likeness (QED) is 0.687. The van der Waals surface area contributed by atoms with E-state index in [4.69, 9.17) is 0 Å². The second-order valence-corrected chi connectivity index (χ2v) is 7.27. The zero-order valence-electron chi connectivity index (χ0n) is 16.9. The lowest BCUT2D eigenvalue weighted by Crippen LogP contribution is -2.51. The molecule has 1 aromatic carbocycles. The highest BCUT2D eigenvalue weighted by molar-refractivity contribution is 6.13. The van der Waals surface area contributed by atoms with E-state index in [0.29, 0.717) is 38.3 Å². The highest BCUT2D eigenvalue weighted by Gasteiger charge is 2.28. The molecule has 1 fully saturated rings. The van der Waals surface area contributed by atoms with Crippen LogP contribution in [0.1, 0.15) is 46.8 Å². The average molecular weight is 397 g/mol. The Kier molecular flexibility index (Phi) is 6.77. The van der Waals surface area contributed by atoms with Crippen molar-refractivity contribution in [3.8, 4) is 0 Å². The molecule has 0 aliphatic carbocycles. The topological polar surface area (TPSA) is 98.4 Å². The van der Waals surface area contributed by atoms with Gasteiger partial charge in [-0.15, -0.1) is 0 Å². The van der Waals surface area contributed by atoms with Crippen molar-refractivity contribution in [2.24, 2.45) is 0 Å². The van der Waals surface area contributed by atoms with Gasteiger partial charge in [-0.3, -0.25) is 19.3 Å². The van der Waals surface area contributed by atoms with Crippen LogP contribution in [0.25, 0.3) is 0 Å². The molecule has 1 aliphatic rings. The third kappa shape index (κ3) is 5.08. The fourth-order valence-corrected chi connectivity index (χ4v) is 3.25. The van der Waals surface area contributed by atoms with Gasteiger partial charge in [0.1, 0.15) is 11.4 Å². The number of amides is 2. The van der Waals surface area contributed by atoms with E-state index in [1.807, 2.05) is 24.8 Å². The first-order chi connectivity index (χ1) is 14.0. The summed E-state index contributed by atoms with van der Waals surface area (Å²) < 4.78 is 0. The van der Waals surface area contributed by atoms with Gasteiger partial charge in [0.25, 0.3) is 5.91 Å². The van der Waals surface area contributed by atoms with Crippen molar-refractivity contribution >= 4 is 17.6 Å². The number of H-pyrrole nitrogens is 1. The highest BCUT2D eigenvalue weighted by Crippen LogP contribution is 2.14. The van der Waals surface area contributed by atoms with Gasteiger partial charge < -0.3 is 15.2 Å². The van der Waals surface area contributed by atoms with E-state index < -0.39 is 0 Å². The fraction of sp³-hybridized carbons (Fsp3) is 0.429. The molecule has 2 aromatic rings. The summed E-state index contributed by atoms with van der Waals surface area (Å²) in [5.74, 6) is -0.524. The molecule has 3 rings (SSSR count). The van der Waals surface area contributed by atoms with Crippen molar-refractivity contribution < 1.29 is 14.4 Å². The standard InChI is InChI=1S/C21H27N5O3/c1-3-15(2)24-17(27)13-25-9-11-26(12-10-25)21(29)19-18(22-14-23-19)20(28)16-7-5-4-6-8-16/h4-8,14-15H,3,9-13H2,1-2H3,(H,22,23)(H,24,27). The molecular weight excluding hydrogens is 370 g/mol. The smallest absolute Gasteiger partial charge is 0.272 e. The van der Waals surface area contributed by atoms with Gasteiger partial charge in [-0.2, -0.15) is 0 Å². The molecule has 2 N–H and O–H groups in total. The van der Waals surface area contributed by atoms with Crippen LogP contribution in [0.5, 0.6) is 0 Å². The van der Waals surface area contributed by atoms with Gasteiger partial charge in [0.2, 0.25) is 11.7 Å². The molecule has 0 bridgehead atoms.